The Bertz CT molecular complexity index is 141. The normalized spacial score (nSPS) is 24.2. The Balaban J connectivity index is 2.55. The molecule has 3 heteroatoms. The Morgan fingerprint density at radius 2 is 2.08 bits per heavy atom. The van der Waals surface area contributed by atoms with Crippen LogP contribution >= 0.6 is 0 Å². The third-order valence-electron chi connectivity index (χ3n) is 2.92. The summed E-state index contributed by atoms with van der Waals surface area (Å²) in [6.45, 7) is 3.48. The summed E-state index contributed by atoms with van der Waals surface area (Å²) in [5.74, 6) is 0. The molecule has 0 radical (unpaired) electrons. The first-order valence-electron chi connectivity index (χ1n) is 5.06. The van der Waals surface area contributed by atoms with E-state index in [1.54, 1.807) is 7.11 Å². The number of rotatable bonds is 4. The molecule has 1 fully saturated rings. The van der Waals surface area contributed by atoms with Crippen molar-refractivity contribution >= 4 is 0 Å². The highest BCUT2D eigenvalue weighted by atomic mass is 16.5. The maximum absolute atomic E-state index is 9.94. The van der Waals surface area contributed by atoms with Crippen LogP contribution in [0.3, 0.4) is 0 Å². The molecule has 0 amide bonds. The fraction of sp³-hybridized carbons (Fsp3) is 1.00. The summed E-state index contributed by atoms with van der Waals surface area (Å²) in [7, 11) is 1.68. The molecule has 0 aliphatic carbocycles. The zero-order valence-electron chi connectivity index (χ0n) is 8.58. The van der Waals surface area contributed by atoms with E-state index in [0.29, 0.717) is 13.2 Å². The van der Waals surface area contributed by atoms with Gasteiger partial charge in [0.15, 0.2) is 0 Å². The second-order valence-corrected chi connectivity index (χ2v) is 3.69. The fourth-order valence-electron chi connectivity index (χ4n) is 1.93. The van der Waals surface area contributed by atoms with Crippen molar-refractivity contribution in [3.8, 4) is 0 Å². The van der Waals surface area contributed by atoms with Crippen LogP contribution in [-0.4, -0.2) is 37.1 Å². The van der Waals surface area contributed by atoms with Crippen LogP contribution < -0.4 is 0 Å². The lowest BCUT2D eigenvalue weighted by molar-refractivity contribution is -0.153. The molecule has 1 heterocycles. The molecular formula is C10H20O3. The van der Waals surface area contributed by atoms with Crippen LogP contribution in [0.2, 0.25) is 0 Å². The SMILES string of the molecule is CCCC(O)C1(OC)CCOCC1. The molecule has 0 saturated carbocycles. The Hall–Kier alpha value is -0.120. The Morgan fingerprint density at radius 1 is 1.46 bits per heavy atom. The minimum Gasteiger partial charge on any atom is -0.390 e. The van der Waals surface area contributed by atoms with Gasteiger partial charge in [-0.25, -0.2) is 0 Å². The summed E-state index contributed by atoms with van der Waals surface area (Å²) in [4.78, 5) is 0. The van der Waals surface area contributed by atoms with E-state index in [9.17, 15) is 5.11 Å². The summed E-state index contributed by atoms with van der Waals surface area (Å²) in [5.41, 5.74) is -0.339. The number of aliphatic hydroxyl groups is 1. The summed E-state index contributed by atoms with van der Waals surface area (Å²) < 4.78 is 10.7. The van der Waals surface area contributed by atoms with Gasteiger partial charge in [-0.2, -0.15) is 0 Å². The summed E-state index contributed by atoms with van der Waals surface area (Å²) in [6.07, 6.45) is 3.09. The average molecular weight is 188 g/mol. The van der Waals surface area contributed by atoms with Gasteiger partial charge in [-0.05, 0) is 6.42 Å². The molecule has 0 aromatic carbocycles. The molecular weight excluding hydrogens is 168 g/mol. The Labute approximate surface area is 80.0 Å². The largest absolute Gasteiger partial charge is 0.390 e. The van der Waals surface area contributed by atoms with Gasteiger partial charge in [0.2, 0.25) is 0 Å². The number of methoxy groups -OCH3 is 1. The molecule has 0 bridgehead atoms. The van der Waals surface area contributed by atoms with Crippen molar-refractivity contribution in [2.45, 2.75) is 44.3 Å². The van der Waals surface area contributed by atoms with E-state index in [1.165, 1.54) is 0 Å². The van der Waals surface area contributed by atoms with Gasteiger partial charge in [-0.3, -0.25) is 0 Å². The molecule has 1 N–H and O–H groups in total. The van der Waals surface area contributed by atoms with Gasteiger partial charge in [0.25, 0.3) is 0 Å². The van der Waals surface area contributed by atoms with Gasteiger partial charge >= 0.3 is 0 Å². The summed E-state index contributed by atoms with van der Waals surface area (Å²) >= 11 is 0. The molecule has 13 heavy (non-hydrogen) atoms. The van der Waals surface area contributed by atoms with Gasteiger partial charge in [0, 0.05) is 33.2 Å². The molecule has 1 aliphatic rings. The van der Waals surface area contributed by atoms with Crippen molar-refractivity contribution in [1.82, 2.24) is 0 Å². The van der Waals surface area contributed by atoms with Crippen molar-refractivity contribution in [2.75, 3.05) is 20.3 Å². The average Bonchev–Trinajstić information content (AvgIpc) is 2.19. The Kier molecular flexibility index (Phi) is 4.16. The van der Waals surface area contributed by atoms with Crippen LogP contribution in [0.15, 0.2) is 0 Å². The van der Waals surface area contributed by atoms with E-state index in [4.69, 9.17) is 9.47 Å². The van der Waals surface area contributed by atoms with Crippen molar-refractivity contribution in [3.63, 3.8) is 0 Å². The zero-order chi connectivity index (χ0) is 9.73. The number of hydrogen-bond donors (Lipinski definition) is 1. The van der Waals surface area contributed by atoms with Crippen LogP contribution in [-0.2, 0) is 9.47 Å². The quantitative estimate of drug-likeness (QED) is 0.723. The van der Waals surface area contributed by atoms with E-state index < -0.39 is 0 Å². The predicted molar refractivity (Wildman–Crippen MR) is 50.7 cm³/mol. The van der Waals surface area contributed by atoms with Crippen molar-refractivity contribution in [2.24, 2.45) is 0 Å². The lowest BCUT2D eigenvalue weighted by atomic mass is 9.86. The molecule has 1 atom stereocenters. The number of aliphatic hydroxyl groups excluding tert-OH is 1. The van der Waals surface area contributed by atoms with E-state index in [1.807, 2.05) is 0 Å². The smallest absolute Gasteiger partial charge is 0.0980 e. The van der Waals surface area contributed by atoms with Crippen LogP contribution in [0.1, 0.15) is 32.6 Å². The molecule has 0 spiro atoms. The number of hydrogen-bond acceptors (Lipinski definition) is 3. The van der Waals surface area contributed by atoms with Gasteiger partial charge in [0.05, 0.1) is 11.7 Å². The standard InChI is InChI=1S/C10H20O3/c1-3-4-9(11)10(12-2)5-7-13-8-6-10/h9,11H,3-8H2,1-2H3. The summed E-state index contributed by atoms with van der Waals surface area (Å²) in [6, 6.07) is 0. The topological polar surface area (TPSA) is 38.7 Å². The maximum Gasteiger partial charge on any atom is 0.0980 e. The summed E-state index contributed by atoms with van der Waals surface area (Å²) in [5, 5.41) is 9.94. The van der Waals surface area contributed by atoms with Crippen molar-refractivity contribution < 1.29 is 14.6 Å². The van der Waals surface area contributed by atoms with Crippen molar-refractivity contribution in [1.29, 1.82) is 0 Å². The highest BCUT2D eigenvalue weighted by Crippen LogP contribution is 2.30. The minimum atomic E-state index is -0.341. The van der Waals surface area contributed by atoms with E-state index in [0.717, 1.165) is 25.7 Å². The monoisotopic (exact) mass is 188 g/mol. The van der Waals surface area contributed by atoms with E-state index in [2.05, 4.69) is 6.92 Å². The third-order valence-corrected chi connectivity index (χ3v) is 2.92. The van der Waals surface area contributed by atoms with Gasteiger partial charge in [-0.15, -0.1) is 0 Å². The Morgan fingerprint density at radius 3 is 2.54 bits per heavy atom. The molecule has 78 valence electrons. The lowest BCUT2D eigenvalue weighted by Crippen LogP contribution is -2.48. The molecule has 1 rings (SSSR count). The fourth-order valence-corrected chi connectivity index (χ4v) is 1.93. The van der Waals surface area contributed by atoms with E-state index >= 15 is 0 Å². The molecule has 1 unspecified atom stereocenters. The molecule has 1 saturated heterocycles. The molecule has 3 nitrogen and oxygen atoms in total. The van der Waals surface area contributed by atoms with E-state index in [-0.39, 0.29) is 11.7 Å². The predicted octanol–water partition coefficient (Wildman–Crippen LogP) is 1.34. The zero-order valence-corrected chi connectivity index (χ0v) is 8.58. The first kappa shape index (κ1) is 11.0. The first-order chi connectivity index (χ1) is 6.25. The van der Waals surface area contributed by atoms with Crippen molar-refractivity contribution in [3.05, 3.63) is 0 Å². The second-order valence-electron chi connectivity index (χ2n) is 3.69. The molecule has 0 aromatic heterocycles. The minimum absolute atomic E-state index is 0.339. The van der Waals surface area contributed by atoms with Gasteiger partial charge in [0.1, 0.15) is 0 Å². The lowest BCUT2D eigenvalue weighted by Gasteiger charge is -2.39. The van der Waals surface area contributed by atoms with Crippen LogP contribution in [0.25, 0.3) is 0 Å². The van der Waals surface area contributed by atoms with Crippen LogP contribution in [0.4, 0.5) is 0 Å². The first-order valence-corrected chi connectivity index (χ1v) is 5.06. The van der Waals surface area contributed by atoms with Crippen LogP contribution in [0.5, 0.6) is 0 Å². The highest BCUT2D eigenvalue weighted by molar-refractivity contribution is 4.89. The second kappa shape index (κ2) is 4.94. The van der Waals surface area contributed by atoms with Gasteiger partial charge < -0.3 is 14.6 Å². The number of ether oxygens (including phenoxy) is 2. The third kappa shape index (κ3) is 2.42. The van der Waals surface area contributed by atoms with Crippen LogP contribution in [0, 0.1) is 0 Å². The molecule has 1 aliphatic heterocycles. The van der Waals surface area contributed by atoms with Gasteiger partial charge in [-0.1, -0.05) is 13.3 Å². The maximum atomic E-state index is 9.94. The molecule has 0 aromatic rings. The highest BCUT2D eigenvalue weighted by Gasteiger charge is 2.38.